The van der Waals surface area contributed by atoms with Crippen molar-refractivity contribution in [1.29, 1.82) is 0 Å². The molecule has 0 fully saturated rings. The summed E-state index contributed by atoms with van der Waals surface area (Å²) in [4.78, 5) is 2.30. The second kappa shape index (κ2) is 6.51. The van der Waals surface area contributed by atoms with Gasteiger partial charge < -0.3 is 4.90 Å². The summed E-state index contributed by atoms with van der Waals surface area (Å²) in [5.41, 5.74) is 1.33. The van der Waals surface area contributed by atoms with Gasteiger partial charge >= 0.3 is 0 Å². The van der Waals surface area contributed by atoms with Crippen molar-refractivity contribution < 1.29 is 0 Å². The highest BCUT2D eigenvalue weighted by Gasteiger charge is 2.05. The number of rotatable bonds is 5. The molecule has 84 valence electrons. The van der Waals surface area contributed by atoms with E-state index in [2.05, 4.69) is 53.0 Å². The molecule has 0 saturated carbocycles. The van der Waals surface area contributed by atoms with Crippen LogP contribution in [0.1, 0.15) is 12.5 Å². The van der Waals surface area contributed by atoms with Crippen molar-refractivity contribution in [3.63, 3.8) is 0 Å². The first-order valence-electron chi connectivity index (χ1n) is 5.10. The molecule has 1 atom stereocenters. The minimum Gasteiger partial charge on any atom is -0.302 e. The van der Waals surface area contributed by atoms with Crippen molar-refractivity contribution in [2.45, 2.75) is 13.5 Å². The lowest BCUT2D eigenvalue weighted by Gasteiger charge is -2.19. The molecule has 1 nitrogen and oxygen atoms in total. The van der Waals surface area contributed by atoms with Gasteiger partial charge in [-0.2, -0.15) is 0 Å². The highest BCUT2D eigenvalue weighted by atomic mass is 79.9. The molecule has 0 aromatic heterocycles. The lowest BCUT2D eigenvalue weighted by Crippen LogP contribution is -2.24. The van der Waals surface area contributed by atoms with E-state index in [1.807, 2.05) is 6.07 Å². The monoisotopic (exact) mass is 289 g/mol. The van der Waals surface area contributed by atoms with Crippen LogP contribution in [0.5, 0.6) is 0 Å². The van der Waals surface area contributed by atoms with Gasteiger partial charge in [0.2, 0.25) is 0 Å². The smallest absolute Gasteiger partial charge is 0.0261 e. The van der Waals surface area contributed by atoms with Gasteiger partial charge in [-0.05, 0) is 30.7 Å². The van der Waals surface area contributed by atoms with Crippen LogP contribution < -0.4 is 0 Å². The van der Waals surface area contributed by atoms with Crippen molar-refractivity contribution in [2.75, 3.05) is 19.5 Å². The Labute approximate surface area is 106 Å². The molecule has 1 aromatic carbocycles. The summed E-state index contributed by atoms with van der Waals surface area (Å²) >= 11 is 9.27. The second-order valence-corrected chi connectivity index (χ2v) is 5.31. The normalized spacial score (nSPS) is 13.1. The predicted molar refractivity (Wildman–Crippen MR) is 70.4 cm³/mol. The number of alkyl halides is 1. The van der Waals surface area contributed by atoms with Crippen LogP contribution in [-0.4, -0.2) is 24.4 Å². The molecule has 0 aliphatic rings. The fraction of sp³-hybridized carbons (Fsp3) is 0.500. The van der Waals surface area contributed by atoms with Crippen LogP contribution in [-0.2, 0) is 6.54 Å². The Morgan fingerprint density at radius 1 is 1.47 bits per heavy atom. The van der Waals surface area contributed by atoms with Crippen LogP contribution in [0.2, 0.25) is 0 Å². The Morgan fingerprint density at radius 3 is 2.80 bits per heavy atom. The summed E-state index contributed by atoms with van der Waals surface area (Å²) in [6.45, 7) is 4.18. The Bertz CT molecular complexity index is 303. The molecular formula is C12H17BrClN. The maximum Gasteiger partial charge on any atom is 0.0261 e. The van der Waals surface area contributed by atoms with Gasteiger partial charge in [-0.25, -0.2) is 0 Å². The average molecular weight is 291 g/mol. The van der Waals surface area contributed by atoms with E-state index in [4.69, 9.17) is 11.6 Å². The van der Waals surface area contributed by atoms with Crippen molar-refractivity contribution in [1.82, 2.24) is 4.90 Å². The second-order valence-electron chi connectivity index (χ2n) is 4.09. The standard InChI is InChI=1S/C12H17BrClN/c1-10(7-14)8-15(2)9-11-4-3-5-12(13)6-11/h3-6,10H,7-9H2,1-2H3. The molecule has 15 heavy (non-hydrogen) atoms. The molecule has 0 heterocycles. The molecule has 1 aromatic rings. The summed E-state index contributed by atoms with van der Waals surface area (Å²) in [6, 6.07) is 8.41. The van der Waals surface area contributed by atoms with Gasteiger partial charge in [0.15, 0.2) is 0 Å². The van der Waals surface area contributed by atoms with Crippen LogP contribution >= 0.6 is 27.5 Å². The third-order valence-electron chi connectivity index (χ3n) is 2.23. The van der Waals surface area contributed by atoms with Crippen molar-refractivity contribution in [2.24, 2.45) is 5.92 Å². The summed E-state index contributed by atoms with van der Waals surface area (Å²) in [7, 11) is 2.13. The average Bonchev–Trinajstić information content (AvgIpc) is 2.17. The van der Waals surface area contributed by atoms with E-state index in [9.17, 15) is 0 Å². The summed E-state index contributed by atoms with van der Waals surface area (Å²) < 4.78 is 1.14. The zero-order valence-corrected chi connectivity index (χ0v) is 11.6. The van der Waals surface area contributed by atoms with Crippen LogP contribution in [0.3, 0.4) is 0 Å². The first kappa shape index (κ1) is 13.0. The van der Waals surface area contributed by atoms with Gasteiger partial charge in [-0.1, -0.05) is 35.0 Å². The number of nitrogens with zero attached hydrogens (tertiary/aromatic N) is 1. The molecule has 0 bridgehead atoms. The van der Waals surface area contributed by atoms with Crippen LogP contribution in [0.25, 0.3) is 0 Å². The number of halogens is 2. The quantitative estimate of drug-likeness (QED) is 0.747. The minimum atomic E-state index is 0.545. The third-order valence-corrected chi connectivity index (χ3v) is 3.25. The molecule has 0 spiro atoms. The third kappa shape index (κ3) is 5.01. The van der Waals surface area contributed by atoms with E-state index in [1.54, 1.807) is 0 Å². The van der Waals surface area contributed by atoms with Gasteiger partial charge in [0, 0.05) is 23.4 Å². The lowest BCUT2D eigenvalue weighted by atomic mass is 10.2. The summed E-state index contributed by atoms with van der Waals surface area (Å²) in [5, 5.41) is 0. The number of benzene rings is 1. The molecule has 3 heteroatoms. The van der Waals surface area contributed by atoms with E-state index < -0.39 is 0 Å². The maximum absolute atomic E-state index is 5.79. The predicted octanol–water partition coefficient (Wildman–Crippen LogP) is 3.76. The lowest BCUT2D eigenvalue weighted by molar-refractivity contribution is 0.290. The molecule has 0 N–H and O–H groups in total. The van der Waals surface area contributed by atoms with Gasteiger partial charge in [0.1, 0.15) is 0 Å². The van der Waals surface area contributed by atoms with Crippen LogP contribution in [0.15, 0.2) is 28.7 Å². The van der Waals surface area contributed by atoms with E-state index in [0.717, 1.165) is 23.4 Å². The Kier molecular flexibility index (Phi) is 5.65. The van der Waals surface area contributed by atoms with Gasteiger partial charge in [-0.3, -0.25) is 0 Å². The maximum atomic E-state index is 5.79. The largest absolute Gasteiger partial charge is 0.302 e. The number of hydrogen-bond donors (Lipinski definition) is 0. The first-order chi connectivity index (χ1) is 7.11. The molecule has 0 radical (unpaired) electrons. The molecule has 1 rings (SSSR count). The molecule has 0 amide bonds. The molecule has 0 aliphatic heterocycles. The van der Waals surface area contributed by atoms with Gasteiger partial charge in [0.25, 0.3) is 0 Å². The van der Waals surface area contributed by atoms with Gasteiger partial charge in [0.05, 0.1) is 0 Å². The minimum absolute atomic E-state index is 0.545. The van der Waals surface area contributed by atoms with Crippen molar-refractivity contribution in [3.8, 4) is 0 Å². The summed E-state index contributed by atoms with van der Waals surface area (Å²) in [6.07, 6.45) is 0. The summed E-state index contributed by atoms with van der Waals surface area (Å²) in [5.74, 6) is 1.27. The van der Waals surface area contributed by atoms with Crippen molar-refractivity contribution >= 4 is 27.5 Å². The fourth-order valence-corrected chi connectivity index (χ4v) is 2.14. The topological polar surface area (TPSA) is 3.24 Å². The Hall–Kier alpha value is -0.0500. The SMILES string of the molecule is CC(CCl)CN(C)Cc1cccc(Br)c1. The molecule has 1 unspecified atom stereocenters. The van der Waals surface area contributed by atoms with Crippen LogP contribution in [0.4, 0.5) is 0 Å². The van der Waals surface area contributed by atoms with E-state index in [-0.39, 0.29) is 0 Å². The van der Waals surface area contributed by atoms with E-state index in [0.29, 0.717) is 5.92 Å². The molecule has 0 saturated heterocycles. The fourth-order valence-electron chi connectivity index (χ4n) is 1.59. The van der Waals surface area contributed by atoms with E-state index >= 15 is 0 Å². The molecular weight excluding hydrogens is 273 g/mol. The zero-order chi connectivity index (χ0) is 11.3. The van der Waals surface area contributed by atoms with Crippen LogP contribution in [0, 0.1) is 5.92 Å². The molecule has 0 aliphatic carbocycles. The Balaban J connectivity index is 2.47. The number of hydrogen-bond acceptors (Lipinski definition) is 1. The highest BCUT2D eigenvalue weighted by molar-refractivity contribution is 9.10. The Morgan fingerprint density at radius 2 is 2.20 bits per heavy atom. The highest BCUT2D eigenvalue weighted by Crippen LogP contribution is 2.13. The van der Waals surface area contributed by atoms with E-state index in [1.165, 1.54) is 5.56 Å². The van der Waals surface area contributed by atoms with Gasteiger partial charge in [-0.15, -0.1) is 11.6 Å². The zero-order valence-electron chi connectivity index (χ0n) is 9.21. The first-order valence-corrected chi connectivity index (χ1v) is 6.43. The van der Waals surface area contributed by atoms with Crippen molar-refractivity contribution in [3.05, 3.63) is 34.3 Å².